The van der Waals surface area contributed by atoms with Crippen LogP contribution in [0, 0.1) is 16.7 Å². The second-order valence-electron chi connectivity index (χ2n) is 5.78. The fourth-order valence-electron chi connectivity index (χ4n) is 2.45. The number of halogens is 2. The van der Waals surface area contributed by atoms with Crippen LogP contribution in [0.25, 0.3) is 0 Å². The highest BCUT2D eigenvalue weighted by molar-refractivity contribution is 6.40. The van der Waals surface area contributed by atoms with Crippen LogP contribution in [-0.2, 0) is 9.59 Å². The summed E-state index contributed by atoms with van der Waals surface area (Å²) in [6, 6.07) is 13.4. The van der Waals surface area contributed by atoms with E-state index in [2.05, 4.69) is 10.6 Å². The smallest absolute Gasteiger partial charge is 0.240 e. The number of carbonyl (C=O) groups excluding carboxylic acids is 2. The highest BCUT2D eigenvalue weighted by atomic mass is 35.5. The zero-order chi connectivity index (χ0) is 18.0. The summed E-state index contributed by atoms with van der Waals surface area (Å²) in [7, 11) is 0. The predicted octanol–water partition coefficient (Wildman–Crippen LogP) is 4.22. The van der Waals surface area contributed by atoms with Crippen molar-refractivity contribution in [2.24, 2.45) is 5.41 Å². The van der Waals surface area contributed by atoms with Crippen LogP contribution in [0.15, 0.2) is 42.5 Å². The van der Waals surface area contributed by atoms with Gasteiger partial charge in [0.05, 0.1) is 27.4 Å². The molecular formula is C18H13Cl2N3O2. The number of nitriles is 1. The molecule has 2 aromatic carbocycles. The number of anilines is 2. The van der Waals surface area contributed by atoms with Crippen LogP contribution in [0.5, 0.6) is 0 Å². The van der Waals surface area contributed by atoms with Gasteiger partial charge < -0.3 is 10.6 Å². The van der Waals surface area contributed by atoms with Gasteiger partial charge in [0.15, 0.2) is 0 Å². The summed E-state index contributed by atoms with van der Waals surface area (Å²) in [4.78, 5) is 25.2. The van der Waals surface area contributed by atoms with Crippen LogP contribution in [-0.4, -0.2) is 11.8 Å². The molecule has 1 aliphatic carbocycles. The molecule has 2 N–H and O–H groups in total. The summed E-state index contributed by atoms with van der Waals surface area (Å²) in [5.41, 5.74) is 0.0424. The number of amides is 2. The largest absolute Gasteiger partial charge is 0.325 e. The zero-order valence-electron chi connectivity index (χ0n) is 13.0. The van der Waals surface area contributed by atoms with E-state index >= 15 is 0 Å². The summed E-state index contributed by atoms with van der Waals surface area (Å²) < 4.78 is 0. The molecule has 1 aliphatic rings. The SMILES string of the molecule is N#Cc1cccc(NC(=O)C2(C(=O)Nc3c(Cl)cccc3Cl)CC2)c1. The van der Waals surface area contributed by atoms with E-state index < -0.39 is 17.2 Å². The Labute approximate surface area is 154 Å². The van der Waals surface area contributed by atoms with Crippen LogP contribution in [0.3, 0.4) is 0 Å². The Morgan fingerprint density at radius 2 is 1.60 bits per heavy atom. The average Bonchev–Trinajstić information content (AvgIpc) is 3.40. The van der Waals surface area contributed by atoms with Crippen molar-refractivity contribution in [1.29, 1.82) is 5.26 Å². The Balaban J connectivity index is 1.76. The van der Waals surface area contributed by atoms with Crippen molar-refractivity contribution >= 4 is 46.4 Å². The number of nitrogens with one attached hydrogen (secondary N) is 2. The molecule has 0 heterocycles. The Morgan fingerprint density at radius 3 is 2.20 bits per heavy atom. The molecule has 0 aromatic heterocycles. The first kappa shape index (κ1) is 17.3. The lowest BCUT2D eigenvalue weighted by atomic mass is 10.0. The predicted molar refractivity (Wildman–Crippen MR) is 96.5 cm³/mol. The van der Waals surface area contributed by atoms with Gasteiger partial charge in [-0.3, -0.25) is 9.59 Å². The molecule has 0 bridgehead atoms. The van der Waals surface area contributed by atoms with Gasteiger partial charge in [0.1, 0.15) is 5.41 Å². The number of rotatable bonds is 4. The second kappa shape index (κ2) is 6.75. The lowest BCUT2D eigenvalue weighted by Gasteiger charge is -2.17. The number of hydrogen-bond acceptors (Lipinski definition) is 3. The highest BCUT2D eigenvalue weighted by Gasteiger charge is 2.56. The van der Waals surface area contributed by atoms with Crippen molar-refractivity contribution in [3.05, 3.63) is 58.1 Å². The van der Waals surface area contributed by atoms with E-state index in [-0.39, 0.29) is 0 Å². The molecule has 0 spiro atoms. The standard InChI is InChI=1S/C18H13Cl2N3O2/c19-13-5-2-6-14(20)15(13)23-17(25)18(7-8-18)16(24)22-12-4-1-3-11(9-12)10-21/h1-6,9H,7-8H2,(H,22,24)(H,23,25). The summed E-state index contributed by atoms with van der Waals surface area (Å²) >= 11 is 12.1. The van der Waals surface area contributed by atoms with E-state index in [4.69, 9.17) is 28.5 Å². The van der Waals surface area contributed by atoms with Crippen LogP contribution >= 0.6 is 23.2 Å². The van der Waals surface area contributed by atoms with Gasteiger partial charge in [-0.05, 0) is 43.2 Å². The van der Waals surface area contributed by atoms with Crippen molar-refractivity contribution in [3.8, 4) is 6.07 Å². The molecule has 1 saturated carbocycles. The second-order valence-corrected chi connectivity index (χ2v) is 6.59. The summed E-state index contributed by atoms with van der Waals surface area (Å²) in [6.07, 6.45) is 0.870. The molecule has 0 radical (unpaired) electrons. The van der Waals surface area contributed by atoms with Crippen molar-refractivity contribution in [3.63, 3.8) is 0 Å². The molecule has 0 saturated heterocycles. The van der Waals surface area contributed by atoms with E-state index in [0.29, 0.717) is 39.8 Å². The number of para-hydroxylation sites is 1. The summed E-state index contributed by atoms with van der Waals surface area (Å²) in [6.45, 7) is 0. The third-order valence-corrected chi connectivity index (χ3v) is 4.70. The van der Waals surface area contributed by atoms with Gasteiger partial charge in [-0.15, -0.1) is 0 Å². The molecular weight excluding hydrogens is 361 g/mol. The molecule has 0 aliphatic heterocycles. The molecule has 3 rings (SSSR count). The molecule has 2 aromatic rings. The van der Waals surface area contributed by atoms with Crippen molar-refractivity contribution in [1.82, 2.24) is 0 Å². The maximum absolute atomic E-state index is 12.6. The van der Waals surface area contributed by atoms with E-state index in [1.54, 1.807) is 42.5 Å². The zero-order valence-corrected chi connectivity index (χ0v) is 14.5. The number of benzene rings is 2. The molecule has 0 unspecified atom stereocenters. The van der Waals surface area contributed by atoms with E-state index in [0.717, 1.165) is 0 Å². The van der Waals surface area contributed by atoms with Gasteiger partial charge in [-0.2, -0.15) is 5.26 Å². The minimum atomic E-state index is -1.15. The average molecular weight is 374 g/mol. The normalized spacial score (nSPS) is 14.3. The first-order chi connectivity index (χ1) is 12.0. The first-order valence-electron chi connectivity index (χ1n) is 7.53. The summed E-state index contributed by atoms with van der Waals surface area (Å²) in [5.74, 6) is -0.861. The minimum Gasteiger partial charge on any atom is -0.325 e. The molecule has 7 heteroatoms. The highest BCUT2D eigenvalue weighted by Crippen LogP contribution is 2.48. The first-order valence-corrected chi connectivity index (χ1v) is 8.29. The van der Waals surface area contributed by atoms with Gasteiger partial charge in [-0.25, -0.2) is 0 Å². The van der Waals surface area contributed by atoms with E-state index in [1.807, 2.05) is 6.07 Å². The van der Waals surface area contributed by atoms with Gasteiger partial charge in [0.2, 0.25) is 11.8 Å². The van der Waals surface area contributed by atoms with Crippen molar-refractivity contribution in [2.45, 2.75) is 12.8 Å². The lowest BCUT2D eigenvalue weighted by molar-refractivity contribution is -0.131. The lowest BCUT2D eigenvalue weighted by Crippen LogP contribution is -2.35. The van der Waals surface area contributed by atoms with Gasteiger partial charge in [0, 0.05) is 5.69 Å². The fraction of sp³-hybridized carbons (Fsp3) is 0.167. The molecule has 5 nitrogen and oxygen atoms in total. The topological polar surface area (TPSA) is 82.0 Å². The van der Waals surface area contributed by atoms with Crippen LogP contribution < -0.4 is 10.6 Å². The molecule has 25 heavy (non-hydrogen) atoms. The van der Waals surface area contributed by atoms with E-state index in [1.165, 1.54) is 0 Å². The van der Waals surface area contributed by atoms with Gasteiger partial charge in [-0.1, -0.05) is 35.3 Å². The van der Waals surface area contributed by atoms with E-state index in [9.17, 15) is 9.59 Å². The van der Waals surface area contributed by atoms with Crippen molar-refractivity contribution in [2.75, 3.05) is 10.6 Å². The Kier molecular flexibility index (Phi) is 4.67. The quantitative estimate of drug-likeness (QED) is 0.786. The fourth-order valence-corrected chi connectivity index (χ4v) is 2.94. The number of carbonyl (C=O) groups is 2. The molecule has 0 atom stereocenters. The molecule has 126 valence electrons. The Hall–Kier alpha value is -2.55. The minimum absolute atomic E-state index is 0.293. The van der Waals surface area contributed by atoms with Crippen molar-refractivity contribution < 1.29 is 9.59 Å². The number of hydrogen-bond donors (Lipinski definition) is 2. The molecule has 1 fully saturated rings. The van der Waals surface area contributed by atoms with Gasteiger partial charge >= 0.3 is 0 Å². The summed E-state index contributed by atoms with van der Waals surface area (Å²) in [5, 5.41) is 14.9. The maximum atomic E-state index is 12.6. The maximum Gasteiger partial charge on any atom is 0.240 e. The van der Waals surface area contributed by atoms with Crippen LogP contribution in [0.2, 0.25) is 10.0 Å². The van der Waals surface area contributed by atoms with Crippen LogP contribution in [0.4, 0.5) is 11.4 Å². The monoisotopic (exact) mass is 373 g/mol. The van der Waals surface area contributed by atoms with Gasteiger partial charge in [0.25, 0.3) is 0 Å². The third kappa shape index (κ3) is 3.46. The Morgan fingerprint density at radius 1 is 1.00 bits per heavy atom. The molecule has 2 amide bonds. The third-order valence-electron chi connectivity index (χ3n) is 4.07. The van der Waals surface area contributed by atoms with Crippen LogP contribution in [0.1, 0.15) is 18.4 Å². The Bertz CT molecular complexity index is 881. The number of nitrogens with zero attached hydrogens (tertiary/aromatic N) is 1.